The van der Waals surface area contributed by atoms with Crippen molar-refractivity contribution in [2.45, 2.75) is 54.9 Å². The van der Waals surface area contributed by atoms with Gasteiger partial charge in [-0.25, -0.2) is 0 Å². The van der Waals surface area contributed by atoms with E-state index < -0.39 is 0 Å². The lowest BCUT2D eigenvalue weighted by Crippen LogP contribution is -2.29. The first kappa shape index (κ1) is 19.1. The summed E-state index contributed by atoms with van der Waals surface area (Å²) in [7, 11) is 0. The van der Waals surface area contributed by atoms with Crippen molar-refractivity contribution in [1.82, 2.24) is 0 Å². The third kappa shape index (κ3) is 3.87. The zero-order valence-electron chi connectivity index (χ0n) is 15.4. The summed E-state index contributed by atoms with van der Waals surface area (Å²) in [6.45, 7) is 13.9. The largest absolute Gasteiger partial charge is 0.289 e. The average Bonchev–Trinajstić information content (AvgIpc) is 2.53. The molecule has 1 aromatic rings. The van der Waals surface area contributed by atoms with E-state index in [4.69, 9.17) is 0 Å². The first-order valence-electron chi connectivity index (χ1n) is 8.29. The van der Waals surface area contributed by atoms with Gasteiger partial charge in [0.15, 0.2) is 11.6 Å². The molecule has 124 valence electrons. The molecule has 0 unspecified atom stereocenters. The van der Waals surface area contributed by atoms with Crippen LogP contribution >= 0.6 is 0 Å². The molecule has 2 rings (SSSR count). The van der Waals surface area contributed by atoms with Crippen molar-refractivity contribution in [2.75, 3.05) is 0 Å². The number of Topliss-reactive ketones (excluding diaryl/α,β-unsaturated/α-hetero) is 2. The van der Waals surface area contributed by atoms with E-state index in [1.54, 1.807) is 25.1 Å². The van der Waals surface area contributed by atoms with Crippen LogP contribution in [0.2, 0.25) is 0 Å². The van der Waals surface area contributed by atoms with Gasteiger partial charge in [0.05, 0.1) is 0 Å². The molecular weight excluding hydrogens is 284 g/mol. The zero-order chi connectivity index (χ0) is 17.8. The summed E-state index contributed by atoms with van der Waals surface area (Å²) in [5, 5.41) is 0. The Labute approximate surface area is 140 Å². The number of benzene rings is 1. The van der Waals surface area contributed by atoms with Gasteiger partial charge in [-0.3, -0.25) is 9.59 Å². The number of carbonyl (C=O) groups is 2. The van der Waals surface area contributed by atoms with Crippen molar-refractivity contribution >= 4 is 11.6 Å². The van der Waals surface area contributed by atoms with Crippen LogP contribution in [0.5, 0.6) is 0 Å². The van der Waals surface area contributed by atoms with Gasteiger partial charge in [-0.05, 0) is 32.6 Å². The molecule has 0 saturated heterocycles. The molecule has 0 amide bonds. The number of hydrogen-bond acceptors (Lipinski definition) is 2. The highest BCUT2D eigenvalue weighted by atomic mass is 16.1. The number of rotatable bonds is 3. The Kier molecular flexibility index (Phi) is 6.26. The topological polar surface area (TPSA) is 34.1 Å². The second-order valence-corrected chi connectivity index (χ2v) is 6.57. The molecule has 0 heterocycles. The number of carbonyl (C=O) groups excluding carboxylic acids is 2. The fourth-order valence-electron chi connectivity index (χ4n) is 2.88. The van der Waals surface area contributed by atoms with E-state index in [9.17, 15) is 9.59 Å². The molecule has 0 N–H and O–H groups in total. The second kappa shape index (κ2) is 7.54. The number of hydrogen-bond donors (Lipinski definition) is 0. The maximum atomic E-state index is 12.8. The Morgan fingerprint density at radius 1 is 1.00 bits per heavy atom. The molecule has 0 aliphatic heterocycles. The van der Waals surface area contributed by atoms with Gasteiger partial charge in [0, 0.05) is 22.3 Å². The van der Waals surface area contributed by atoms with Crippen LogP contribution in [0.25, 0.3) is 0 Å². The van der Waals surface area contributed by atoms with Crippen LogP contribution in [0.15, 0.2) is 47.1 Å². The Bertz CT molecular complexity index is 669. The minimum atomic E-state index is -0.346. The fraction of sp³-hybridized carbons (Fsp3) is 0.429. The van der Waals surface area contributed by atoms with Gasteiger partial charge in [-0.2, -0.15) is 0 Å². The van der Waals surface area contributed by atoms with Crippen LogP contribution in [0.3, 0.4) is 0 Å². The molecule has 0 bridgehead atoms. The molecule has 1 aliphatic rings. The molecular formula is C21H28O2. The molecule has 0 saturated carbocycles. The standard InChI is InChI=1S/C19H22O2.C2H6/c1-12(2)10-11-19(4,5)16-13(3)17(20)14-8-6-7-9-15(14)18(16)21;1-2/h6-10H,11H2,1-5H3;1-2H3. The minimum absolute atomic E-state index is 0.00476. The first-order valence-corrected chi connectivity index (χ1v) is 8.29. The Hall–Kier alpha value is -1.96. The maximum Gasteiger partial charge on any atom is 0.190 e. The van der Waals surface area contributed by atoms with E-state index >= 15 is 0 Å². The average molecular weight is 312 g/mol. The lowest BCUT2D eigenvalue weighted by Gasteiger charge is -2.31. The van der Waals surface area contributed by atoms with Gasteiger partial charge < -0.3 is 0 Å². The van der Waals surface area contributed by atoms with E-state index in [0.717, 1.165) is 6.42 Å². The van der Waals surface area contributed by atoms with Crippen molar-refractivity contribution in [3.05, 3.63) is 58.2 Å². The Morgan fingerprint density at radius 2 is 1.48 bits per heavy atom. The normalized spacial score (nSPS) is 14.0. The maximum absolute atomic E-state index is 12.8. The molecule has 0 spiro atoms. The highest BCUT2D eigenvalue weighted by molar-refractivity contribution is 6.27. The molecule has 0 fully saturated rings. The molecule has 2 heteroatoms. The smallest absolute Gasteiger partial charge is 0.190 e. The van der Waals surface area contributed by atoms with Crippen molar-refractivity contribution in [1.29, 1.82) is 0 Å². The molecule has 1 aliphatic carbocycles. The first-order chi connectivity index (χ1) is 10.8. The van der Waals surface area contributed by atoms with E-state index in [1.807, 2.05) is 47.6 Å². The van der Waals surface area contributed by atoms with Gasteiger partial charge in [-0.1, -0.05) is 63.6 Å². The molecule has 23 heavy (non-hydrogen) atoms. The summed E-state index contributed by atoms with van der Waals surface area (Å²) >= 11 is 0. The van der Waals surface area contributed by atoms with E-state index in [-0.39, 0.29) is 17.0 Å². The summed E-state index contributed by atoms with van der Waals surface area (Å²) in [6.07, 6.45) is 2.88. The van der Waals surface area contributed by atoms with Crippen molar-refractivity contribution < 1.29 is 9.59 Å². The van der Waals surface area contributed by atoms with E-state index in [2.05, 4.69) is 6.08 Å². The van der Waals surface area contributed by atoms with Crippen molar-refractivity contribution in [2.24, 2.45) is 5.41 Å². The van der Waals surface area contributed by atoms with Gasteiger partial charge in [0.1, 0.15) is 0 Å². The molecule has 0 aromatic heterocycles. The second-order valence-electron chi connectivity index (χ2n) is 6.57. The SMILES string of the molecule is CC.CC(C)=CCC(C)(C)C1=C(C)C(=O)c2ccccc2C1=O. The van der Waals surface area contributed by atoms with E-state index in [1.165, 1.54) is 5.57 Å². The van der Waals surface area contributed by atoms with Gasteiger partial charge in [-0.15, -0.1) is 0 Å². The van der Waals surface area contributed by atoms with Crippen LogP contribution < -0.4 is 0 Å². The molecule has 0 radical (unpaired) electrons. The Morgan fingerprint density at radius 3 is 1.96 bits per heavy atom. The third-order valence-electron chi connectivity index (χ3n) is 4.06. The summed E-state index contributed by atoms with van der Waals surface area (Å²) in [6, 6.07) is 7.10. The van der Waals surface area contributed by atoms with Crippen LogP contribution in [0.1, 0.15) is 75.6 Å². The van der Waals surface area contributed by atoms with Crippen molar-refractivity contribution in [3.63, 3.8) is 0 Å². The summed E-state index contributed by atoms with van der Waals surface area (Å²) in [5.41, 5.74) is 3.18. The fourth-order valence-corrected chi connectivity index (χ4v) is 2.88. The highest BCUT2D eigenvalue weighted by Gasteiger charge is 2.37. The predicted molar refractivity (Wildman–Crippen MR) is 97.0 cm³/mol. The molecule has 0 atom stereocenters. The number of fused-ring (bicyclic) bond motifs is 1. The molecule has 1 aromatic carbocycles. The van der Waals surface area contributed by atoms with Gasteiger partial charge >= 0.3 is 0 Å². The number of allylic oxidation sites excluding steroid dienone is 4. The number of ketones is 2. The van der Waals surface area contributed by atoms with Gasteiger partial charge in [0.25, 0.3) is 0 Å². The highest BCUT2D eigenvalue weighted by Crippen LogP contribution is 2.39. The van der Waals surface area contributed by atoms with Crippen LogP contribution in [-0.4, -0.2) is 11.6 Å². The third-order valence-corrected chi connectivity index (χ3v) is 4.06. The van der Waals surface area contributed by atoms with Crippen molar-refractivity contribution in [3.8, 4) is 0 Å². The summed E-state index contributed by atoms with van der Waals surface area (Å²) in [5.74, 6) is -0.0275. The lowest BCUT2D eigenvalue weighted by atomic mass is 9.71. The minimum Gasteiger partial charge on any atom is -0.289 e. The van der Waals surface area contributed by atoms with Crippen LogP contribution in [-0.2, 0) is 0 Å². The van der Waals surface area contributed by atoms with Gasteiger partial charge in [0.2, 0.25) is 0 Å². The molecule has 2 nitrogen and oxygen atoms in total. The monoisotopic (exact) mass is 312 g/mol. The van der Waals surface area contributed by atoms with Crippen LogP contribution in [0, 0.1) is 5.41 Å². The van der Waals surface area contributed by atoms with Crippen LogP contribution in [0.4, 0.5) is 0 Å². The predicted octanol–water partition coefficient (Wildman–Crippen LogP) is 5.79. The van der Waals surface area contributed by atoms with E-state index in [0.29, 0.717) is 22.3 Å². The quantitative estimate of drug-likeness (QED) is 0.662. The Balaban J connectivity index is 0.00000127. The lowest BCUT2D eigenvalue weighted by molar-refractivity contribution is 0.0954. The summed E-state index contributed by atoms with van der Waals surface area (Å²) < 4.78 is 0. The summed E-state index contributed by atoms with van der Waals surface area (Å²) in [4.78, 5) is 25.4. The zero-order valence-corrected chi connectivity index (χ0v) is 15.4.